The smallest absolute Gasteiger partial charge is 0.330 e. The van der Waals surface area contributed by atoms with Crippen molar-refractivity contribution in [1.82, 2.24) is 0 Å². The molecule has 0 aliphatic rings. The fourth-order valence-electron chi connectivity index (χ4n) is 0.904. The Morgan fingerprint density at radius 2 is 2.00 bits per heavy atom. The molecule has 0 aromatic heterocycles. The van der Waals surface area contributed by atoms with Crippen molar-refractivity contribution in [3.05, 3.63) is 43.0 Å². The van der Waals surface area contributed by atoms with Crippen LogP contribution in [0.5, 0.6) is 5.75 Å². The number of rotatable bonds is 5. The van der Waals surface area contributed by atoms with Gasteiger partial charge in [0.25, 0.3) is 4.52 Å². The molecular formula is C11H10Cl2O3. The molecule has 0 saturated carbocycles. The van der Waals surface area contributed by atoms with Gasteiger partial charge >= 0.3 is 5.97 Å². The first kappa shape index (κ1) is 12.9. The van der Waals surface area contributed by atoms with Gasteiger partial charge in [0.2, 0.25) is 0 Å². The van der Waals surface area contributed by atoms with Gasteiger partial charge in [0, 0.05) is 6.08 Å². The van der Waals surface area contributed by atoms with Gasteiger partial charge in [-0.2, -0.15) is 0 Å². The minimum atomic E-state index is -1.61. The van der Waals surface area contributed by atoms with Gasteiger partial charge in [-0.05, 0) is 12.1 Å². The summed E-state index contributed by atoms with van der Waals surface area (Å²) in [5.74, 6) is -0.121. The van der Waals surface area contributed by atoms with E-state index in [9.17, 15) is 4.79 Å². The molecule has 0 aliphatic heterocycles. The van der Waals surface area contributed by atoms with Gasteiger partial charge in [0.15, 0.2) is 6.61 Å². The molecule has 3 nitrogen and oxygen atoms in total. The van der Waals surface area contributed by atoms with Gasteiger partial charge in [-0.15, -0.1) is 0 Å². The first-order chi connectivity index (χ1) is 7.53. The summed E-state index contributed by atoms with van der Waals surface area (Å²) in [6, 6.07) is 8.75. The van der Waals surface area contributed by atoms with E-state index >= 15 is 0 Å². The van der Waals surface area contributed by atoms with Crippen molar-refractivity contribution in [3.8, 4) is 5.75 Å². The summed E-state index contributed by atoms with van der Waals surface area (Å²) >= 11 is 11.6. The fraction of sp³-hybridized carbons (Fsp3) is 0.182. The molecule has 0 aliphatic carbocycles. The van der Waals surface area contributed by atoms with E-state index in [1.165, 1.54) is 0 Å². The first-order valence-electron chi connectivity index (χ1n) is 4.44. The Labute approximate surface area is 104 Å². The highest BCUT2D eigenvalue weighted by Crippen LogP contribution is 2.26. The molecule has 5 heteroatoms. The maximum Gasteiger partial charge on any atom is 0.330 e. The summed E-state index contributed by atoms with van der Waals surface area (Å²) < 4.78 is 8.29. The van der Waals surface area contributed by atoms with E-state index in [-0.39, 0.29) is 6.61 Å². The normalized spacial score (nSPS) is 10.6. The van der Waals surface area contributed by atoms with Crippen LogP contribution in [0.4, 0.5) is 0 Å². The van der Waals surface area contributed by atoms with E-state index in [1.54, 1.807) is 24.3 Å². The number of para-hydroxylation sites is 1. The molecule has 1 rings (SSSR count). The Hall–Kier alpha value is -1.19. The van der Waals surface area contributed by atoms with Crippen LogP contribution < -0.4 is 4.74 Å². The number of benzene rings is 1. The highest BCUT2D eigenvalue weighted by molar-refractivity contribution is 6.47. The Balaban J connectivity index is 2.51. The minimum absolute atomic E-state index is 0.282. The zero-order valence-corrected chi connectivity index (χ0v) is 9.87. The number of carbonyl (C=O) groups excluding carboxylic acids is 1. The summed E-state index contributed by atoms with van der Waals surface area (Å²) in [5, 5.41) is 0. The van der Waals surface area contributed by atoms with Gasteiger partial charge in [0.05, 0.1) is 0 Å². The molecule has 1 aromatic rings. The van der Waals surface area contributed by atoms with Crippen LogP contribution in [-0.4, -0.2) is 17.1 Å². The highest BCUT2D eigenvalue weighted by Gasteiger charge is 2.28. The maximum absolute atomic E-state index is 10.8. The van der Waals surface area contributed by atoms with E-state index in [2.05, 4.69) is 11.3 Å². The lowest BCUT2D eigenvalue weighted by Crippen LogP contribution is -2.29. The topological polar surface area (TPSA) is 35.5 Å². The third kappa shape index (κ3) is 4.55. The van der Waals surface area contributed by atoms with Crippen molar-refractivity contribution in [2.75, 3.05) is 6.61 Å². The number of hydrogen-bond donors (Lipinski definition) is 0. The average molecular weight is 261 g/mol. The van der Waals surface area contributed by atoms with Crippen molar-refractivity contribution in [1.29, 1.82) is 0 Å². The largest absolute Gasteiger partial charge is 0.455 e. The Bertz CT molecular complexity index is 363. The molecule has 0 amide bonds. The van der Waals surface area contributed by atoms with Crippen molar-refractivity contribution in [2.24, 2.45) is 0 Å². The van der Waals surface area contributed by atoms with E-state index < -0.39 is 10.5 Å². The van der Waals surface area contributed by atoms with Gasteiger partial charge in [-0.25, -0.2) is 4.79 Å². The molecule has 86 valence electrons. The van der Waals surface area contributed by atoms with E-state index in [0.29, 0.717) is 5.75 Å². The zero-order chi connectivity index (χ0) is 12.0. The lowest BCUT2D eigenvalue weighted by molar-refractivity contribution is -0.139. The number of halogens is 2. The molecule has 0 heterocycles. The molecule has 0 radical (unpaired) electrons. The second-order valence-corrected chi connectivity index (χ2v) is 4.28. The van der Waals surface area contributed by atoms with Crippen LogP contribution in [0, 0.1) is 0 Å². The van der Waals surface area contributed by atoms with E-state index in [1.807, 2.05) is 6.07 Å². The molecule has 0 bridgehead atoms. The Kier molecular flexibility index (Phi) is 4.65. The predicted molar refractivity (Wildman–Crippen MR) is 62.7 cm³/mol. The first-order valence-corrected chi connectivity index (χ1v) is 5.20. The number of hydrogen-bond acceptors (Lipinski definition) is 3. The number of alkyl halides is 2. The summed E-state index contributed by atoms with van der Waals surface area (Å²) in [5.41, 5.74) is 0. The number of esters is 1. The van der Waals surface area contributed by atoms with Crippen LogP contribution in [0.1, 0.15) is 0 Å². The van der Waals surface area contributed by atoms with Crippen LogP contribution in [0.2, 0.25) is 0 Å². The van der Waals surface area contributed by atoms with Crippen molar-refractivity contribution >= 4 is 29.2 Å². The second-order valence-electron chi connectivity index (χ2n) is 2.86. The standard InChI is InChI=1S/C11H10Cl2O3/c1-2-10(14)15-8-11(12,13)16-9-6-4-3-5-7-9/h2-7H,1,8H2. The monoisotopic (exact) mass is 260 g/mol. The molecule has 0 N–H and O–H groups in total. The lowest BCUT2D eigenvalue weighted by atomic mass is 10.3. The molecule has 0 fully saturated rings. The minimum Gasteiger partial charge on any atom is -0.455 e. The predicted octanol–water partition coefficient (Wildman–Crippen LogP) is 2.93. The quantitative estimate of drug-likeness (QED) is 0.464. The van der Waals surface area contributed by atoms with Crippen molar-refractivity contribution < 1.29 is 14.3 Å². The Morgan fingerprint density at radius 1 is 1.38 bits per heavy atom. The van der Waals surface area contributed by atoms with Crippen LogP contribution >= 0.6 is 23.2 Å². The SMILES string of the molecule is C=CC(=O)OCC(Cl)(Cl)Oc1ccccc1. The second kappa shape index (κ2) is 5.77. The summed E-state index contributed by atoms with van der Waals surface area (Å²) in [6.45, 7) is 2.96. The van der Waals surface area contributed by atoms with Crippen LogP contribution in [0.3, 0.4) is 0 Å². The molecular weight excluding hydrogens is 251 g/mol. The molecule has 0 atom stereocenters. The third-order valence-corrected chi connectivity index (χ3v) is 1.93. The van der Waals surface area contributed by atoms with E-state index in [0.717, 1.165) is 6.08 Å². The molecule has 0 saturated heterocycles. The Morgan fingerprint density at radius 3 is 2.56 bits per heavy atom. The van der Waals surface area contributed by atoms with Crippen molar-refractivity contribution in [2.45, 2.75) is 4.52 Å². The lowest BCUT2D eigenvalue weighted by Gasteiger charge is -2.20. The van der Waals surface area contributed by atoms with Crippen LogP contribution in [0.25, 0.3) is 0 Å². The summed E-state index contributed by atoms with van der Waals surface area (Å²) in [6.07, 6.45) is 1.02. The van der Waals surface area contributed by atoms with Gasteiger partial charge in [0.1, 0.15) is 5.75 Å². The van der Waals surface area contributed by atoms with Crippen LogP contribution in [-0.2, 0) is 9.53 Å². The van der Waals surface area contributed by atoms with Crippen molar-refractivity contribution in [3.63, 3.8) is 0 Å². The number of carbonyl (C=O) groups is 1. The molecule has 1 aromatic carbocycles. The highest BCUT2D eigenvalue weighted by atomic mass is 35.5. The van der Waals surface area contributed by atoms with Gasteiger partial charge < -0.3 is 9.47 Å². The van der Waals surface area contributed by atoms with Crippen LogP contribution in [0.15, 0.2) is 43.0 Å². The maximum atomic E-state index is 10.8. The van der Waals surface area contributed by atoms with Gasteiger partial charge in [-0.1, -0.05) is 48.0 Å². The average Bonchev–Trinajstić information content (AvgIpc) is 2.27. The van der Waals surface area contributed by atoms with E-state index in [4.69, 9.17) is 27.9 Å². The summed E-state index contributed by atoms with van der Waals surface area (Å²) in [4.78, 5) is 10.8. The summed E-state index contributed by atoms with van der Waals surface area (Å²) in [7, 11) is 0. The molecule has 0 spiro atoms. The zero-order valence-electron chi connectivity index (χ0n) is 8.36. The fourth-order valence-corrected chi connectivity index (χ4v) is 1.19. The number of ether oxygens (including phenoxy) is 2. The molecule has 16 heavy (non-hydrogen) atoms. The van der Waals surface area contributed by atoms with Gasteiger partial charge in [-0.3, -0.25) is 0 Å². The molecule has 0 unspecified atom stereocenters. The third-order valence-electron chi connectivity index (χ3n) is 1.56.